The first kappa shape index (κ1) is 22.3. The third-order valence-corrected chi connectivity index (χ3v) is 4.88. The van der Waals surface area contributed by atoms with Crippen molar-refractivity contribution in [3.05, 3.63) is 52.2 Å². The highest BCUT2D eigenvalue weighted by molar-refractivity contribution is 5.77. The molecule has 0 bridgehead atoms. The summed E-state index contributed by atoms with van der Waals surface area (Å²) in [7, 11) is 0. The third-order valence-electron chi connectivity index (χ3n) is 4.88. The van der Waals surface area contributed by atoms with Gasteiger partial charge in [0.2, 0.25) is 5.82 Å². The fraction of sp³-hybridized carbons (Fsp3) is 0.455. The first-order valence-corrected chi connectivity index (χ1v) is 10.3. The van der Waals surface area contributed by atoms with Crippen LogP contribution in [0, 0.1) is 17.0 Å². The van der Waals surface area contributed by atoms with Crippen LogP contribution in [0.15, 0.2) is 36.5 Å². The number of alkyl carbamates (subject to hydrolysis) is 1. The van der Waals surface area contributed by atoms with Gasteiger partial charge in [0.15, 0.2) is 0 Å². The predicted octanol–water partition coefficient (Wildman–Crippen LogP) is 4.54. The van der Waals surface area contributed by atoms with Crippen LogP contribution < -0.4 is 15.5 Å². The normalized spacial score (nSPS) is 16.5. The maximum Gasteiger partial charge on any atom is 0.407 e. The smallest absolute Gasteiger partial charge is 0.407 e. The molecule has 31 heavy (non-hydrogen) atoms. The Labute approximate surface area is 182 Å². The highest BCUT2D eigenvalue weighted by Gasteiger charge is 2.30. The number of ether oxygens (including phenoxy) is 1. The summed E-state index contributed by atoms with van der Waals surface area (Å²) in [6, 6.07) is 9.05. The van der Waals surface area contributed by atoms with Crippen LogP contribution >= 0.6 is 0 Å². The highest BCUT2D eigenvalue weighted by atomic mass is 16.6. The summed E-state index contributed by atoms with van der Waals surface area (Å²) in [4.78, 5) is 29.8. The van der Waals surface area contributed by atoms with Crippen LogP contribution in [0.2, 0.25) is 0 Å². The van der Waals surface area contributed by atoms with Crippen LogP contribution in [-0.2, 0) is 4.74 Å². The molecular formula is C22H29N5O4. The number of hydrogen-bond donors (Lipinski definition) is 2. The Kier molecular flexibility index (Phi) is 6.62. The largest absolute Gasteiger partial charge is 0.444 e. The molecule has 1 saturated heterocycles. The Morgan fingerprint density at radius 1 is 1.26 bits per heavy atom. The van der Waals surface area contributed by atoms with E-state index in [2.05, 4.69) is 15.6 Å². The van der Waals surface area contributed by atoms with E-state index in [1.54, 1.807) is 12.3 Å². The maximum absolute atomic E-state index is 12.1. The van der Waals surface area contributed by atoms with Crippen LogP contribution in [0.3, 0.4) is 0 Å². The van der Waals surface area contributed by atoms with Gasteiger partial charge in [-0.15, -0.1) is 0 Å². The Bertz CT molecular complexity index is 940. The van der Waals surface area contributed by atoms with E-state index in [4.69, 9.17) is 4.74 Å². The molecule has 1 aliphatic rings. The number of benzene rings is 1. The summed E-state index contributed by atoms with van der Waals surface area (Å²) in [5, 5.41) is 17.9. The second kappa shape index (κ2) is 9.20. The van der Waals surface area contributed by atoms with Gasteiger partial charge in [0, 0.05) is 31.0 Å². The molecule has 1 aromatic heterocycles. The fourth-order valence-corrected chi connectivity index (χ4v) is 3.53. The molecule has 1 aliphatic heterocycles. The summed E-state index contributed by atoms with van der Waals surface area (Å²) < 4.78 is 5.34. The number of aromatic nitrogens is 1. The van der Waals surface area contributed by atoms with Crippen LogP contribution in [0.4, 0.5) is 27.7 Å². The molecule has 0 aliphatic carbocycles. The van der Waals surface area contributed by atoms with Gasteiger partial charge in [-0.1, -0.05) is 17.7 Å². The average molecular weight is 428 g/mol. The van der Waals surface area contributed by atoms with Gasteiger partial charge in [0.1, 0.15) is 11.3 Å². The summed E-state index contributed by atoms with van der Waals surface area (Å²) in [6.45, 7) is 8.51. The summed E-state index contributed by atoms with van der Waals surface area (Å²) in [5.41, 5.74) is 1.63. The van der Waals surface area contributed by atoms with E-state index >= 15 is 0 Å². The fourth-order valence-electron chi connectivity index (χ4n) is 3.53. The number of carbonyl (C=O) groups excluding carboxylic acids is 1. The quantitative estimate of drug-likeness (QED) is 0.533. The highest BCUT2D eigenvalue weighted by Crippen LogP contribution is 2.36. The SMILES string of the molecule is Cc1ccc(Nc2nccc(N3CCC[C@@H](NC(=O)OC(C)(C)C)C3)c2[N+](=O)[O-])cc1. The van der Waals surface area contributed by atoms with Crippen LogP contribution in [0.1, 0.15) is 39.2 Å². The monoisotopic (exact) mass is 427 g/mol. The Hall–Kier alpha value is -3.36. The van der Waals surface area contributed by atoms with E-state index in [1.165, 1.54) is 0 Å². The summed E-state index contributed by atoms with van der Waals surface area (Å²) in [6.07, 6.45) is 2.65. The van der Waals surface area contributed by atoms with E-state index < -0.39 is 16.6 Å². The van der Waals surface area contributed by atoms with Crippen molar-refractivity contribution in [1.29, 1.82) is 0 Å². The van der Waals surface area contributed by atoms with Crippen LogP contribution in [0.5, 0.6) is 0 Å². The van der Waals surface area contributed by atoms with Crippen LogP contribution in [0.25, 0.3) is 0 Å². The molecule has 0 saturated carbocycles. The van der Waals surface area contributed by atoms with Gasteiger partial charge in [-0.05, 0) is 58.7 Å². The molecule has 0 spiro atoms. The van der Waals surface area contributed by atoms with E-state index in [1.807, 2.05) is 56.9 Å². The van der Waals surface area contributed by atoms with E-state index in [0.29, 0.717) is 18.8 Å². The molecule has 1 amide bonds. The molecule has 0 unspecified atom stereocenters. The van der Waals surface area contributed by atoms with Crippen molar-refractivity contribution < 1.29 is 14.5 Å². The van der Waals surface area contributed by atoms with Crippen LogP contribution in [-0.4, -0.2) is 40.7 Å². The Morgan fingerprint density at radius 2 is 1.97 bits per heavy atom. The number of hydrogen-bond acceptors (Lipinski definition) is 7. The first-order chi connectivity index (χ1) is 14.6. The van der Waals surface area contributed by atoms with Gasteiger partial charge in [-0.2, -0.15) is 0 Å². The maximum atomic E-state index is 12.1. The Balaban J connectivity index is 1.80. The standard InChI is InChI=1S/C22H29N5O4/c1-15-7-9-16(10-8-15)24-20-19(27(29)30)18(11-12-23-20)26-13-5-6-17(14-26)25-21(28)31-22(2,3)4/h7-12,17H,5-6,13-14H2,1-4H3,(H,23,24)(H,25,28)/t17-/m1/s1. The van der Waals surface area contributed by atoms with E-state index in [0.717, 1.165) is 24.1 Å². The molecule has 2 N–H and O–H groups in total. The average Bonchev–Trinajstić information content (AvgIpc) is 2.68. The van der Waals surface area contributed by atoms with E-state index in [9.17, 15) is 14.9 Å². The van der Waals surface area contributed by atoms with Crippen molar-refractivity contribution in [2.75, 3.05) is 23.3 Å². The van der Waals surface area contributed by atoms with Gasteiger partial charge in [-0.25, -0.2) is 9.78 Å². The number of rotatable bonds is 5. The number of amides is 1. The molecule has 9 nitrogen and oxygen atoms in total. The number of nitrogens with one attached hydrogen (secondary N) is 2. The number of nitro groups is 1. The van der Waals surface area contributed by atoms with Crippen molar-refractivity contribution in [3.63, 3.8) is 0 Å². The van der Waals surface area contributed by atoms with Crippen molar-refractivity contribution in [2.24, 2.45) is 0 Å². The molecule has 1 aromatic carbocycles. The number of piperidine rings is 1. The third kappa shape index (κ3) is 6.07. The number of pyridine rings is 1. The zero-order chi connectivity index (χ0) is 22.6. The lowest BCUT2D eigenvalue weighted by Crippen LogP contribution is -2.49. The van der Waals surface area contributed by atoms with Gasteiger partial charge >= 0.3 is 11.8 Å². The lowest BCUT2D eigenvalue weighted by Gasteiger charge is -2.34. The molecule has 1 fully saturated rings. The van der Waals surface area contributed by atoms with Gasteiger partial charge < -0.3 is 20.3 Å². The van der Waals surface area contributed by atoms with Crippen molar-refractivity contribution in [3.8, 4) is 0 Å². The van der Waals surface area contributed by atoms with Crippen molar-refractivity contribution >= 4 is 29.0 Å². The minimum Gasteiger partial charge on any atom is -0.444 e. The van der Waals surface area contributed by atoms with Gasteiger partial charge in [-0.3, -0.25) is 10.1 Å². The molecule has 0 radical (unpaired) electrons. The minimum atomic E-state index is -0.584. The number of nitrogens with zero attached hydrogens (tertiary/aromatic N) is 3. The molecule has 1 atom stereocenters. The molecule has 9 heteroatoms. The molecule has 166 valence electrons. The number of aryl methyl sites for hydroxylation is 1. The minimum absolute atomic E-state index is 0.0824. The lowest BCUT2D eigenvalue weighted by molar-refractivity contribution is -0.383. The second-order valence-corrected chi connectivity index (χ2v) is 8.71. The molecule has 2 heterocycles. The van der Waals surface area contributed by atoms with Crippen molar-refractivity contribution in [2.45, 2.75) is 52.2 Å². The topological polar surface area (TPSA) is 110 Å². The first-order valence-electron chi connectivity index (χ1n) is 10.3. The zero-order valence-electron chi connectivity index (χ0n) is 18.3. The van der Waals surface area contributed by atoms with E-state index in [-0.39, 0.29) is 17.5 Å². The molecular weight excluding hydrogens is 398 g/mol. The zero-order valence-corrected chi connectivity index (χ0v) is 18.3. The summed E-state index contributed by atoms with van der Waals surface area (Å²) in [5.74, 6) is 0.188. The Morgan fingerprint density at radius 3 is 2.61 bits per heavy atom. The number of anilines is 3. The molecule has 3 rings (SSSR count). The second-order valence-electron chi connectivity index (χ2n) is 8.71. The lowest BCUT2D eigenvalue weighted by atomic mass is 10.0. The number of carbonyl (C=O) groups is 1. The van der Waals surface area contributed by atoms with Gasteiger partial charge in [0.05, 0.1) is 4.92 Å². The predicted molar refractivity (Wildman–Crippen MR) is 120 cm³/mol. The summed E-state index contributed by atoms with van der Waals surface area (Å²) >= 11 is 0. The van der Waals surface area contributed by atoms with Gasteiger partial charge in [0.25, 0.3) is 0 Å². The molecule has 2 aromatic rings. The van der Waals surface area contributed by atoms with Crippen molar-refractivity contribution in [1.82, 2.24) is 10.3 Å².